The first-order valence-corrected chi connectivity index (χ1v) is 12.0. The van der Waals surface area contributed by atoms with E-state index in [0.29, 0.717) is 48.2 Å². The third-order valence-electron chi connectivity index (χ3n) is 5.27. The van der Waals surface area contributed by atoms with Gasteiger partial charge in [0.1, 0.15) is 0 Å². The molecular weight excluding hydrogens is 458 g/mol. The highest BCUT2D eigenvalue weighted by Crippen LogP contribution is 2.41. The number of carbonyl (C=O) groups excluding carboxylic acids is 1. The van der Waals surface area contributed by atoms with Gasteiger partial charge in [-0.3, -0.25) is 10.1 Å². The molecule has 0 aliphatic rings. The van der Waals surface area contributed by atoms with Crippen molar-refractivity contribution in [1.29, 1.82) is 0 Å². The second-order valence-corrected chi connectivity index (χ2v) is 7.83. The number of carbonyl (C=O) groups is 1. The number of nitrogens with one attached hydrogen (secondary N) is 1. The summed E-state index contributed by atoms with van der Waals surface area (Å²) < 4.78 is 23.0. The van der Waals surface area contributed by atoms with Gasteiger partial charge in [-0.2, -0.15) is 0 Å². The zero-order chi connectivity index (χ0) is 25.3. The van der Waals surface area contributed by atoms with Crippen molar-refractivity contribution in [2.75, 3.05) is 25.1 Å². The van der Waals surface area contributed by atoms with Crippen molar-refractivity contribution < 1.29 is 23.4 Å². The van der Waals surface area contributed by atoms with Crippen molar-refractivity contribution in [3.05, 3.63) is 83.4 Å². The normalized spacial score (nSPS) is 10.6. The van der Waals surface area contributed by atoms with Crippen molar-refractivity contribution in [2.45, 2.75) is 27.2 Å². The van der Waals surface area contributed by atoms with Crippen LogP contribution in [0.4, 0.5) is 6.01 Å². The third kappa shape index (κ3) is 6.02. The maximum Gasteiger partial charge on any atom is 0.322 e. The fourth-order valence-electron chi connectivity index (χ4n) is 3.68. The van der Waals surface area contributed by atoms with Gasteiger partial charge in [-0.05, 0) is 62.6 Å². The zero-order valence-corrected chi connectivity index (χ0v) is 20.6. The number of amides is 1. The summed E-state index contributed by atoms with van der Waals surface area (Å²) in [5.74, 6) is 1.43. The molecule has 1 N–H and O–H groups in total. The average Bonchev–Trinajstić information content (AvgIpc) is 3.35. The SMILES string of the molecule is CCOc1cc(-c2nnc(NC(=O)c3ccc(Cc4ccccc4)cc3)o2)cc(OCC)c1OCC. The molecule has 0 fully saturated rings. The zero-order valence-electron chi connectivity index (χ0n) is 20.6. The lowest BCUT2D eigenvalue weighted by Gasteiger charge is -2.16. The standard InChI is InChI=1S/C28H29N3O5/c1-4-33-23-17-22(18-24(34-5-2)25(23)35-6-3)27-30-31-28(36-27)29-26(32)21-14-12-20(13-15-21)16-19-10-8-7-9-11-19/h7-15,17-18H,4-6,16H2,1-3H3,(H,29,31,32). The van der Waals surface area contributed by atoms with Crippen LogP contribution in [0, 0.1) is 0 Å². The Morgan fingerprint density at radius 2 is 1.42 bits per heavy atom. The summed E-state index contributed by atoms with van der Waals surface area (Å²) in [4.78, 5) is 12.7. The van der Waals surface area contributed by atoms with Crippen LogP contribution in [0.1, 0.15) is 42.3 Å². The van der Waals surface area contributed by atoms with E-state index in [2.05, 4.69) is 27.6 Å². The fourth-order valence-corrected chi connectivity index (χ4v) is 3.68. The van der Waals surface area contributed by atoms with E-state index < -0.39 is 0 Å². The topological polar surface area (TPSA) is 95.7 Å². The molecule has 1 aromatic heterocycles. The van der Waals surface area contributed by atoms with Crippen molar-refractivity contribution in [1.82, 2.24) is 10.2 Å². The summed E-state index contributed by atoms with van der Waals surface area (Å²) in [6.45, 7) is 7.02. The molecule has 0 atom stereocenters. The number of nitrogens with zero attached hydrogens (tertiary/aromatic N) is 2. The van der Waals surface area contributed by atoms with Crippen LogP contribution in [0.3, 0.4) is 0 Å². The Kier molecular flexibility index (Phi) is 8.18. The van der Waals surface area contributed by atoms with Crippen molar-refractivity contribution >= 4 is 11.9 Å². The minimum atomic E-state index is -0.340. The molecular formula is C28H29N3O5. The minimum Gasteiger partial charge on any atom is -0.490 e. The number of ether oxygens (including phenoxy) is 3. The van der Waals surface area contributed by atoms with Gasteiger partial charge in [0.25, 0.3) is 5.91 Å². The van der Waals surface area contributed by atoms with Gasteiger partial charge in [-0.1, -0.05) is 47.6 Å². The highest BCUT2D eigenvalue weighted by atomic mass is 16.5. The summed E-state index contributed by atoms with van der Waals surface area (Å²) >= 11 is 0. The lowest BCUT2D eigenvalue weighted by Crippen LogP contribution is -2.12. The van der Waals surface area contributed by atoms with Crippen LogP contribution in [0.5, 0.6) is 17.2 Å². The summed E-state index contributed by atoms with van der Waals surface area (Å²) in [5, 5.41) is 10.7. The van der Waals surface area contributed by atoms with Crippen molar-refractivity contribution in [3.63, 3.8) is 0 Å². The van der Waals surface area contributed by atoms with E-state index in [1.54, 1.807) is 24.3 Å². The molecule has 0 radical (unpaired) electrons. The predicted molar refractivity (Wildman–Crippen MR) is 137 cm³/mol. The molecule has 1 amide bonds. The van der Waals surface area contributed by atoms with Gasteiger partial charge < -0.3 is 18.6 Å². The molecule has 0 unspecified atom stereocenters. The summed E-state index contributed by atoms with van der Waals surface area (Å²) in [6.07, 6.45) is 0.797. The van der Waals surface area contributed by atoms with Crippen LogP contribution in [0.25, 0.3) is 11.5 Å². The fraction of sp³-hybridized carbons (Fsp3) is 0.250. The van der Waals surface area contributed by atoms with Crippen LogP contribution in [-0.4, -0.2) is 35.9 Å². The Morgan fingerprint density at radius 1 is 0.806 bits per heavy atom. The van der Waals surface area contributed by atoms with E-state index in [1.165, 1.54) is 5.56 Å². The summed E-state index contributed by atoms with van der Waals surface area (Å²) in [7, 11) is 0. The highest BCUT2D eigenvalue weighted by Gasteiger charge is 2.19. The van der Waals surface area contributed by atoms with E-state index in [-0.39, 0.29) is 17.8 Å². The van der Waals surface area contributed by atoms with Gasteiger partial charge in [0.15, 0.2) is 11.5 Å². The van der Waals surface area contributed by atoms with Crippen LogP contribution in [0.15, 0.2) is 71.1 Å². The van der Waals surface area contributed by atoms with Gasteiger partial charge in [0, 0.05) is 11.1 Å². The number of rotatable bonds is 11. The molecule has 186 valence electrons. The Morgan fingerprint density at radius 3 is 2.03 bits per heavy atom. The molecule has 4 aromatic rings. The van der Waals surface area contributed by atoms with Crippen molar-refractivity contribution in [3.8, 4) is 28.7 Å². The maximum absolute atomic E-state index is 12.7. The van der Waals surface area contributed by atoms with Crippen LogP contribution in [-0.2, 0) is 6.42 Å². The second-order valence-electron chi connectivity index (χ2n) is 7.83. The number of hydrogen-bond acceptors (Lipinski definition) is 7. The Balaban J connectivity index is 1.49. The molecule has 0 saturated carbocycles. The van der Waals surface area contributed by atoms with E-state index in [4.69, 9.17) is 18.6 Å². The first-order valence-electron chi connectivity index (χ1n) is 12.0. The summed E-state index contributed by atoms with van der Waals surface area (Å²) in [5.41, 5.74) is 3.40. The Hall–Kier alpha value is -4.33. The molecule has 4 rings (SSSR count). The van der Waals surface area contributed by atoms with Crippen LogP contribution in [0.2, 0.25) is 0 Å². The lowest BCUT2D eigenvalue weighted by molar-refractivity contribution is 0.102. The molecule has 1 heterocycles. The number of benzene rings is 3. The largest absolute Gasteiger partial charge is 0.490 e. The van der Waals surface area contributed by atoms with E-state index >= 15 is 0 Å². The van der Waals surface area contributed by atoms with Gasteiger partial charge in [-0.15, -0.1) is 5.10 Å². The highest BCUT2D eigenvalue weighted by molar-refractivity contribution is 6.03. The van der Waals surface area contributed by atoms with Gasteiger partial charge in [-0.25, -0.2) is 0 Å². The lowest BCUT2D eigenvalue weighted by atomic mass is 10.0. The molecule has 0 bridgehead atoms. The Bertz CT molecular complexity index is 1260. The first-order chi connectivity index (χ1) is 17.6. The van der Waals surface area contributed by atoms with Crippen LogP contribution >= 0.6 is 0 Å². The van der Waals surface area contributed by atoms with Crippen LogP contribution < -0.4 is 19.5 Å². The first kappa shape index (κ1) is 24.8. The maximum atomic E-state index is 12.7. The van der Waals surface area contributed by atoms with E-state index in [1.807, 2.05) is 51.1 Å². The smallest absolute Gasteiger partial charge is 0.322 e. The van der Waals surface area contributed by atoms with E-state index in [0.717, 1.165) is 12.0 Å². The van der Waals surface area contributed by atoms with Crippen molar-refractivity contribution in [2.24, 2.45) is 0 Å². The number of hydrogen-bond donors (Lipinski definition) is 1. The van der Waals surface area contributed by atoms with E-state index in [9.17, 15) is 4.79 Å². The molecule has 0 spiro atoms. The molecule has 0 saturated heterocycles. The van der Waals surface area contributed by atoms with Gasteiger partial charge >= 0.3 is 6.01 Å². The molecule has 8 heteroatoms. The number of aromatic nitrogens is 2. The molecule has 3 aromatic carbocycles. The second kappa shape index (κ2) is 11.9. The minimum absolute atomic E-state index is 0.00633. The average molecular weight is 488 g/mol. The monoisotopic (exact) mass is 487 g/mol. The predicted octanol–water partition coefficient (Wildman–Crippen LogP) is 5.78. The molecule has 8 nitrogen and oxygen atoms in total. The third-order valence-corrected chi connectivity index (χ3v) is 5.27. The molecule has 0 aliphatic carbocycles. The number of anilines is 1. The van der Waals surface area contributed by atoms with Gasteiger partial charge in [0.05, 0.1) is 19.8 Å². The quantitative estimate of drug-likeness (QED) is 0.287. The summed E-state index contributed by atoms with van der Waals surface area (Å²) in [6, 6.07) is 21.1. The molecule has 36 heavy (non-hydrogen) atoms. The Labute approximate surface area is 210 Å². The van der Waals surface area contributed by atoms with Gasteiger partial charge in [0.2, 0.25) is 11.6 Å². The molecule has 0 aliphatic heterocycles.